The highest BCUT2D eigenvalue weighted by atomic mass is 16.5. The van der Waals surface area contributed by atoms with Gasteiger partial charge in [0.15, 0.2) is 0 Å². The number of likely N-dealkylation sites (tertiary alicyclic amines) is 2. The maximum absolute atomic E-state index is 11.7. The van der Waals surface area contributed by atoms with E-state index in [0.717, 1.165) is 45.0 Å². The zero-order valence-corrected chi connectivity index (χ0v) is 14.0. The van der Waals surface area contributed by atoms with E-state index in [9.17, 15) is 4.79 Å². The van der Waals surface area contributed by atoms with Crippen LogP contribution in [0.5, 0.6) is 0 Å². The summed E-state index contributed by atoms with van der Waals surface area (Å²) >= 11 is 0. The summed E-state index contributed by atoms with van der Waals surface area (Å²) in [5.41, 5.74) is 0. The van der Waals surface area contributed by atoms with Crippen LogP contribution in [0.3, 0.4) is 0 Å². The lowest BCUT2D eigenvalue weighted by Crippen LogP contribution is -2.38. The summed E-state index contributed by atoms with van der Waals surface area (Å²) in [4.78, 5) is 16.5. The summed E-state index contributed by atoms with van der Waals surface area (Å²) in [7, 11) is 2.19. The molecule has 2 rings (SSSR count). The Morgan fingerprint density at radius 1 is 1.19 bits per heavy atom. The van der Waals surface area contributed by atoms with Crippen LogP contribution in [0.1, 0.15) is 39.5 Å². The molecule has 2 aliphatic heterocycles. The molecule has 0 N–H and O–H groups in total. The minimum Gasteiger partial charge on any atom is -0.378 e. The molecule has 2 saturated heterocycles. The molecular weight excluding hydrogens is 264 g/mol. The van der Waals surface area contributed by atoms with Gasteiger partial charge in [-0.15, -0.1) is 0 Å². The summed E-state index contributed by atoms with van der Waals surface area (Å²) in [5, 5.41) is 0. The normalized spacial score (nSPS) is 25.8. The quantitative estimate of drug-likeness (QED) is 0.720. The van der Waals surface area contributed by atoms with E-state index in [1.807, 2.05) is 13.8 Å². The summed E-state index contributed by atoms with van der Waals surface area (Å²) in [6, 6.07) is 0. The molecule has 1 atom stereocenters. The second kappa shape index (κ2) is 8.25. The molecule has 0 bridgehead atoms. The van der Waals surface area contributed by atoms with Crippen LogP contribution < -0.4 is 0 Å². The lowest BCUT2D eigenvalue weighted by molar-refractivity contribution is -0.122. The van der Waals surface area contributed by atoms with E-state index in [1.165, 1.54) is 19.5 Å². The van der Waals surface area contributed by atoms with Crippen LogP contribution in [0.4, 0.5) is 0 Å². The number of rotatable bonds is 7. The summed E-state index contributed by atoms with van der Waals surface area (Å²) < 4.78 is 6.11. The van der Waals surface area contributed by atoms with Gasteiger partial charge in [-0.2, -0.15) is 0 Å². The first-order chi connectivity index (χ1) is 10.0. The van der Waals surface area contributed by atoms with E-state index in [0.29, 0.717) is 18.3 Å². The van der Waals surface area contributed by atoms with Crippen molar-refractivity contribution in [1.82, 2.24) is 9.80 Å². The summed E-state index contributed by atoms with van der Waals surface area (Å²) in [6.07, 6.45) is 4.68. The van der Waals surface area contributed by atoms with Crippen molar-refractivity contribution in [3.63, 3.8) is 0 Å². The van der Waals surface area contributed by atoms with Gasteiger partial charge in [0.2, 0.25) is 0 Å². The van der Waals surface area contributed by atoms with Gasteiger partial charge in [0.05, 0.1) is 12.7 Å². The molecule has 4 nitrogen and oxygen atoms in total. The van der Waals surface area contributed by atoms with Gasteiger partial charge < -0.3 is 14.5 Å². The molecule has 0 spiro atoms. The highest BCUT2D eigenvalue weighted by Crippen LogP contribution is 2.19. The Kier molecular flexibility index (Phi) is 6.65. The number of nitrogens with zero attached hydrogens (tertiary/aromatic N) is 2. The van der Waals surface area contributed by atoms with Crippen LogP contribution in [0, 0.1) is 11.8 Å². The molecule has 0 aromatic heterocycles. The molecule has 4 heteroatoms. The van der Waals surface area contributed by atoms with Crippen molar-refractivity contribution in [2.75, 3.05) is 46.4 Å². The van der Waals surface area contributed by atoms with Gasteiger partial charge in [0, 0.05) is 38.5 Å². The second-order valence-corrected chi connectivity index (χ2v) is 7.16. The van der Waals surface area contributed by atoms with Crippen LogP contribution in [-0.4, -0.2) is 68.1 Å². The SMILES string of the molecule is CC(C)C(=O)CCN1CCC(OCC2CCN(C)C2)CC1. The van der Waals surface area contributed by atoms with Gasteiger partial charge in [-0.05, 0) is 38.8 Å². The first-order valence-electron chi connectivity index (χ1n) is 8.60. The molecule has 0 aliphatic carbocycles. The van der Waals surface area contributed by atoms with Gasteiger partial charge in [0.1, 0.15) is 5.78 Å². The number of carbonyl (C=O) groups excluding carboxylic acids is 1. The molecule has 1 unspecified atom stereocenters. The predicted molar refractivity (Wildman–Crippen MR) is 85.5 cm³/mol. The molecular formula is C17H32N2O2. The van der Waals surface area contributed by atoms with Crippen LogP contribution in [0.25, 0.3) is 0 Å². The van der Waals surface area contributed by atoms with Crippen molar-refractivity contribution in [2.45, 2.75) is 45.6 Å². The van der Waals surface area contributed by atoms with Gasteiger partial charge in [-0.3, -0.25) is 4.79 Å². The smallest absolute Gasteiger partial charge is 0.136 e. The molecule has 0 amide bonds. The number of ether oxygens (including phenoxy) is 1. The molecule has 0 saturated carbocycles. The number of hydrogen-bond donors (Lipinski definition) is 0. The van der Waals surface area contributed by atoms with Gasteiger partial charge in [-0.25, -0.2) is 0 Å². The van der Waals surface area contributed by atoms with Gasteiger partial charge in [-0.1, -0.05) is 13.8 Å². The van der Waals surface area contributed by atoms with Crippen LogP contribution in [-0.2, 0) is 9.53 Å². The number of hydrogen-bond acceptors (Lipinski definition) is 4. The molecule has 2 heterocycles. The highest BCUT2D eigenvalue weighted by molar-refractivity contribution is 5.80. The number of Topliss-reactive ketones (excluding diaryl/α,β-unsaturated/α-hetero) is 1. The van der Waals surface area contributed by atoms with E-state index in [2.05, 4.69) is 16.8 Å². The second-order valence-electron chi connectivity index (χ2n) is 7.16. The van der Waals surface area contributed by atoms with Crippen LogP contribution >= 0.6 is 0 Å². The fourth-order valence-corrected chi connectivity index (χ4v) is 3.29. The fourth-order valence-electron chi connectivity index (χ4n) is 3.29. The largest absolute Gasteiger partial charge is 0.378 e. The minimum absolute atomic E-state index is 0.176. The third-order valence-corrected chi connectivity index (χ3v) is 4.91. The van der Waals surface area contributed by atoms with Gasteiger partial charge in [0.25, 0.3) is 0 Å². The maximum atomic E-state index is 11.7. The topological polar surface area (TPSA) is 32.8 Å². The Hall–Kier alpha value is -0.450. The molecule has 2 fully saturated rings. The van der Waals surface area contributed by atoms with E-state index in [4.69, 9.17) is 4.74 Å². The monoisotopic (exact) mass is 296 g/mol. The van der Waals surface area contributed by atoms with Crippen molar-refractivity contribution < 1.29 is 9.53 Å². The maximum Gasteiger partial charge on any atom is 0.136 e. The Morgan fingerprint density at radius 3 is 2.48 bits per heavy atom. The molecule has 0 aromatic carbocycles. The number of piperidine rings is 1. The lowest BCUT2D eigenvalue weighted by atomic mass is 10.0. The average Bonchev–Trinajstić information content (AvgIpc) is 2.89. The average molecular weight is 296 g/mol. The van der Waals surface area contributed by atoms with Crippen LogP contribution in [0.2, 0.25) is 0 Å². The van der Waals surface area contributed by atoms with E-state index >= 15 is 0 Å². The van der Waals surface area contributed by atoms with Crippen molar-refractivity contribution in [3.05, 3.63) is 0 Å². The minimum atomic E-state index is 0.176. The first-order valence-corrected chi connectivity index (χ1v) is 8.60. The number of ketones is 1. The summed E-state index contributed by atoms with van der Waals surface area (Å²) in [6.45, 7) is 10.4. The zero-order valence-electron chi connectivity index (χ0n) is 14.0. The van der Waals surface area contributed by atoms with E-state index in [1.54, 1.807) is 0 Å². The Bertz CT molecular complexity index is 325. The fraction of sp³-hybridized carbons (Fsp3) is 0.941. The third kappa shape index (κ3) is 5.68. The molecule has 0 radical (unpaired) electrons. The van der Waals surface area contributed by atoms with E-state index in [-0.39, 0.29) is 5.92 Å². The standard InChI is InChI=1S/C17H32N2O2/c1-14(2)17(20)7-11-19-9-5-16(6-10-19)21-13-15-4-8-18(3)12-15/h14-16H,4-13H2,1-3H3. The molecule has 2 aliphatic rings. The van der Waals surface area contributed by atoms with Crippen LogP contribution in [0.15, 0.2) is 0 Å². The zero-order chi connectivity index (χ0) is 15.2. The van der Waals surface area contributed by atoms with Gasteiger partial charge >= 0.3 is 0 Å². The predicted octanol–water partition coefficient (Wildman–Crippen LogP) is 2.03. The Balaban J connectivity index is 1.56. The van der Waals surface area contributed by atoms with Crippen molar-refractivity contribution >= 4 is 5.78 Å². The Labute approximate surface area is 129 Å². The van der Waals surface area contributed by atoms with Crippen molar-refractivity contribution in [3.8, 4) is 0 Å². The van der Waals surface area contributed by atoms with E-state index < -0.39 is 0 Å². The lowest BCUT2D eigenvalue weighted by Gasteiger charge is -2.32. The summed E-state index contributed by atoms with van der Waals surface area (Å²) in [5.74, 6) is 1.30. The van der Waals surface area contributed by atoms with Crippen molar-refractivity contribution in [1.29, 1.82) is 0 Å². The third-order valence-electron chi connectivity index (χ3n) is 4.91. The molecule has 122 valence electrons. The Morgan fingerprint density at radius 2 is 1.90 bits per heavy atom. The molecule has 0 aromatic rings. The van der Waals surface area contributed by atoms with Crippen molar-refractivity contribution in [2.24, 2.45) is 11.8 Å². The number of carbonyl (C=O) groups is 1. The molecule has 21 heavy (non-hydrogen) atoms. The highest BCUT2D eigenvalue weighted by Gasteiger charge is 2.24. The first kappa shape index (κ1) is 16.9.